The second kappa shape index (κ2) is 8.53. The van der Waals surface area contributed by atoms with Gasteiger partial charge in [0.05, 0.1) is 18.2 Å². The third kappa shape index (κ3) is 4.23. The average Bonchev–Trinajstić information content (AvgIpc) is 3.00. The molecular weight excluding hydrogens is 496 g/mol. The van der Waals surface area contributed by atoms with Gasteiger partial charge in [0, 0.05) is 14.3 Å². The van der Waals surface area contributed by atoms with Gasteiger partial charge in [0.15, 0.2) is 5.69 Å². The number of ether oxygens (including phenoxy) is 1. The summed E-state index contributed by atoms with van der Waals surface area (Å²) in [5.41, 5.74) is 1.05. The molecule has 8 nitrogen and oxygen atoms in total. The highest BCUT2D eigenvalue weighted by atomic mass is 79.9. The average molecular weight is 510 g/mol. The van der Waals surface area contributed by atoms with Crippen LogP contribution in [0.1, 0.15) is 10.4 Å². The van der Waals surface area contributed by atoms with Gasteiger partial charge in [-0.25, -0.2) is 0 Å². The van der Waals surface area contributed by atoms with Gasteiger partial charge in [-0.05, 0) is 40.2 Å². The number of nitrogens with one attached hydrogen (secondary N) is 2. The Labute approximate surface area is 176 Å². The number of amides is 2. The van der Waals surface area contributed by atoms with E-state index in [9.17, 15) is 14.7 Å². The molecule has 0 unspecified atom stereocenters. The van der Waals surface area contributed by atoms with E-state index in [1.807, 2.05) is 0 Å². The van der Waals surface area contributed by atoms with Crippen molar-refractivity contribution in [2.24, 2.45) is 10.2 Å². The number of halogens is 2. The van der Waals surface area contributed by atoms with Gasteiger partial charge in [-0.3, -0.25) is 9.59 Å². The van der Waals surface area contributed by atoms with E-state index in [-0.39, 0.29) is 18.1 Å². The highest BCUT2D eigenvalue weighted by Crippen LogP contribution is 2.40. The number of carbonyl (C=O) groups excluding carboxylic acids is 2. The van der Waals surface area contributed by atoms with E-state index in [0.717, 1.165) is 4.47 Å². The van der Waals surface area contributed by atoms with Gasteiger partial charge in [0.25, 0.3) is 11.8 Å². The number of H-pyrrole nitrogens is 1. The summed E-state index contributed by atoms with van der Waals surface area (Å²) in [6, 6.07) is 10.2. The third-order valence-electron chi connectivity index (χ3n) is 3.79. The number of carbonyl (C=O) groups is 2. The van der Waals surface area contributed by atoms with Crippen LogP contribution in [0, 0.1) is 0 Å². The number of para-hydroxylation sites is 1. The van der Waals surface area contributed by atoms with Crippen LogP contribution in [-0.4, -0.2) is 35.6 Å². The monoisotopic (exact) mass is 508 g/mol. The van der Waals surface area contributed by atoms with Crippen LogP contribution < -0.4 is 10.1 Å². The molecule has 3 N–H and O–H groups in total. The number of aromatic hydroxyl groups is 1. The second-order valence-electron chi connectivity index (χ2n) is 5.61. The predicted molar refractivity (Wildman–Crippen MR) is 110 cm³/mol. The molecule has 144 valence electrons. The molecule has 1 aromatic heterocycles. The van der Waals surface area contributed by atoms with Gasteiger partial charge in [-0.1, -0.05) is 28.1 Å². The van der Waals surface area contributed by atoms with Gasteiger partial charge in [-0.2, -0.15) is 0 Å². The molecule has 2 amide bonds. The summed E-state index contributed by atoms with van der Waals surface area (Å²) in [6.07, 6.45) is 0. The highest BCUT2D eigenvalue weighted by molar-refractivity contribution is 9.11. The molecule has 0 aliphatic heterocycles. The third-order valence-corrected chi connectivity index (χ3v) is 4.87. The van der Waals surface area contributed by atoms with Crippen LogP contribution >= 0.6 is 31.9 Å². The molecule has 0 atom stereocenters. The van der Waals surface area contributed by atoms with Crippen molar-refractivity contribution in [2.45, 2.75) is 0 Å². The van der Waals surface area contributed by atoms with E-state index in [1.165, 1.54) is 7.11 Å². The summed E-state index contributed by atoms with van der Waals surface area (Å²) in [6.45, 7) is -0.350. The fourth-order valence-electron chi connectivity index (χ4n) is 2.52. The molecule has 0 aliphatic rings. The molecule has 10 heteroatoms. The Morgan fingerprint density at radius 3 is 2.75 bits per heavy atom. The van der Waals surface area contributed by atoms with Crippen molar-refractivity contribution < 1.29 is 19.4 Å². The molecule has 0 aliphatic carbocycles. The normalized spacial score (nSPS) is 11.1. The van der Waals surface area contributed by atoms with Crippen molar-refractivity contribution in [3.8, 4) is 11.6 Å². The number of rotatable bonds is 5. The van der Waals surface area contributed by atoms with Crippen LogP contribution in [0.3, 0.4) is 0 Å². The quantitative estimate of drug-likeness (QED) is 0.440. The Morgan fingerprint density at radius 1 is 1.25 bits per heavy atom. The minimum Gasteiger partial charge on any atom is -0.496 e. The first kappa shape index (κ1) is 20.0. The van der Waals surface area contributed by atoms with E-state index in [2.05, 4.69) is 52.4 Å². The van der Waals surface area contributed by atoms with Crippen molar-refractivity contribution >= 4 is 60.3 Å². The van der Waals surface area contributed by atoms with Crippen molar-refractivity contribution in [1.82, 2.24) is 10.3 Å². The van der Waals surface area contributed by atoms with Crippen LogP contribution in [0.2, 0.25) is 0 Å². The molecule has 2 aromatic carbocycles. The lowest BCUT2D eigenvalue weighted by atomic mass is 10.2. The van der Waals surface area contributed by atoms with E-state index in [0.29, 0.717) is 26.7 Å². The van der Waals surface area contributed by atoms with E-state index < -0.39 is 11.8 Å². The van der Waals surface area contributed by atoms with E-state index in [4.69, 9.17) is 4.74 Å². The van der Waals surface area contributed by atoms with Gasteiger partial charge in [0.1, 0.15) is 12.3 Å². The molecule has 0 saturated carbocycles. The SMILES string of the molecule is COc1ccccc1C(=O)NCC(=O)N=Nc1c(O)[nH]c2c(Br)cc(Br)cc12. The lowest BCUT2D eigenvalue weighted by Crippen LogP contribution is -2.28. The lowest BCUT2D eigenvalue weighted by molar-refractivity contribution is -0.117. The minimum absolute atomic E-state index is 0.126. The Hall–Kier alpha value is -2.72. The number of hydrogen-bond acceptors (Lipinski definition) is 5. The van der Waals surface area contributed by atoms with Crippen LogP contribution in [0.4, 0.5) is 5.69 Å². The maximum Gasteiger partial charge on any atom is 0.283 e. The Balaban J connectivity index is 1.72. The van der Waals surface area contributed by atoms with Crippen LogP contribution in [0.25, 0.3) is 10.9 Å². The number of methoxy groups -OCH3 is 1. The molecule has 3 rings (SSSR count). The number of fused-ring (bicyclic) bond motifs is 1. The molecule has 0 saturated heterocycles. The number of benzene rings is 2. The summed E-state index contributed by atoms with van der Waals surface area (Å²) in [5, 5.41) is 20.5. The molecule has 3 aromatic rings. The summed E-state index contributed by atoms with van der Waals surface area (Å²) >= 11 is 6.74. The minimum atomic E-state index is -0.675. The molecule has 28 heavy (non-hydrogen) atoms. The molecular formula is C18H14Br2N4O4. The van der Waals surface area contributed by atoms with Crippen LogP contribution in [-0.2, 0) is 4.79 Å². The van der Waals surface area contributed by atoms with Crippen molar-refractivity contribution in [2.75, 3.05) is 13.7 Å². The number of aromatic nitrogens is 1. The van der Waals surface area contributed by atoms with E-state index >= 15 is 0 Å². The Kier molecular flexibility index (Phi) is 6.10. The van der Waals surface area contributed by atoms with Crippen molar-refractivity contribution in [1.29, 1.82) is 0 Å². The summed E-state index contributed by atoms with van der Waals surface area (Å²) in [4.78, 5) is 27.0. The van der Waals surface area contributed by atoms with Crippen LogP contribution in [0.5, 0.6) is 11.6 Å². The first-order valence-corrected chi connectivity index (χ1v) is 9.54. The van der Waals surface area contributed by atoms with Gasteiger partial charge >= 0.3 is 0 Å². The number of nitrogens with zero attached hydrogens (tertiary/aromatic N) is 2. The van der Waals surface area contributed by atoms with Gasteiger partial charge in [-0.15, -0.1) is 10.2 Å². The predicted octanol–water partition coefficient (Wildman–Crippen LogP) is 4.45. The van der Waals surface area contributed by atoms with Gasteiger partial charge < -0.3 is 20.1 Å². The molecule has 0 fully saturated rings. The standard InChI is InChI=1S/C18H14Br2N4O4/c1-28-13-5-3-2-4-10(13)17(26)21-8-14(25)23-24-16-11-6-9(19)7-12(20)15(11)22-18(16)27/h2-7,22,27H,8H2,1H3,(H,21,26). The molecule has 0 spiro atoms. The summed E-state index contributed by atoms with van der Waals surface area (Å²) < 4.78 is 6.59. The fourth-order valence-corrected chi connectivity index (χ4v) is 3.84. The highest BCUT2D eigenvalue weighted by Gasteiger charge is 2.15. The first-order valence-electron chi connectivity index (χ1n) is 7.96. The summed E-state index contributed by atoms with van der Waals surface area (Å²) in [7, 11) is 1.45. The fraction of sp³-hybridized carbons (Fsp3) is 0.111. The maximum absolute atomic E-state index is 12.2. The zero-order valence-electron chi connectivity index (χ0n) is 14.5. The number of hydrogen-bond donors (Lipinski definition) is 3. The smallest absolute Gasteiger partial charge is 0.283 e. The topological polar surface area (TPSA) is 116 Å². The van der Waals surface area contributed by atoms with Crippen LogP contribution in [0.15, 0.2) is 55.6 Å². The summed E-state index contributed by atoms with van der Waals surface area (Å²) in [5.74, 6) is -0.966. The zero-order chi connectivity index (χ0) is 20.3. The largest absolute Gasteiger partial charge is 0.496 e. The Morgan fingerprint density at radius 2 is 2.00 bits per heavy atom. The number of aromatic amines is 1. The van der Waals surface area contributed by atoms with Crippen molar-refractivity contribution in [3.05, 3.63) is 50.9 Å². The van der Waals surface area contributed by atoms with Gasteiger partial charge in [0.2, 0.25) is 5.88 Å². The first-order chi connectivity index (χ1) is 13.4. The lowest BCUT2D eigenvalue weighted by Gasteiger charge is -2.07. The zero-order valence-corrected chi connectivity index (χ0v) is 17.7. The number of azo groups is 1. The molecule has 0 bridgehead atoms. The van der Waals surface area contributed by atoms with Crippen molar-refractivity contribution in [3.63, 3.8) is 0 Å². The second-order valence-corrected chi connectivity index (χ2v) is 7.38. The Bertz CT molecular complexity index is 1090. The van der Waals surface area contributed by atoms with E-state index in [1.54, 1.807) is 36.4 Å². The molecule has 1 heterocycles. The maximum atomic E-state index is 12.2. The molecule has 0 radical (unpaired) electrons.